The first kappa shape index (κ1) is 21.3. The van der Waals surface area contributed by atoms with Gasteiger partial charge in [-0.25, -0.2) is 4.79 Å². The third kappa shape index (κ3) is 5.52. The van der Waals surface area contributed by atoms with E-state index < -0.39 is 29.7 Å². The van der Waals surface area contributed by atoms with E-state index in [1.807, 2.05) is 30.3 Å². The Morgan fingerprint density at radius 2 is 1.75 bits per heavy atom. The number of ether oxygens (including phenoxy) is 2. The van der Waals surface area contributed by atoms with Crippen LogP contribution in [0.5, 0.6) is 0 Å². The minimum atomic E-state index is -0.694. The summed E-state index contributed by atoms with van der Waals surface area (Å²) in [7, 11) is 1.58. The smallest absolute Gasteiger partial charge is 0.357 e. The zero-order valence-corrected chi connectivity index (χ0v) is 16.9. The molecule has 2 rings (SSSR count). The summed E-state index contributed by atoms with van der Waals surface area (Å²) in [4.78, 5) is 37.2. The van der Waals surface area contributed by atoms with Crippen molar-refractivity contribution < 1.29 is 23.9 Å². The van der Waals surface area contributed by atoms with Crippen LogP contribution in [0.1, 0.15) is 66.2 Å². The summed E-state index contributed by atoms with van der Waals surface area (Å²) in [5, 5.41) is 4.23. The van der Waals surface area contributed by atoms with Crippen molar-refractivity contribution in [2.75, 3.05) is 6.61 Å². The number of esters is 2. The number of hydrogen-bond acceptors (Lipinski definition) is 6. The third-order valence-corrected chi connectivity index (χ3v) is 3.84. The van der Waals surface area contributed by atoms with Crippen molar-refractivity contribution in [3.8, 4) is 0 Å². The molecule has 0 saturated heterocycles. The van der Waals surface area contributed by atoms with Crippen molar-refractivity contribution in [2.45, 2.75) is 46.1 Å². The summed E-state index contributed by atoms with van der Waals surface area (Å²) >= 11 is 0. The van der Waals surface area contributed by atoms with E-state index >= 15 is 0 Å². The molecule has 1 aromatic carbocycles. The van der Waals surface area contributed by atoms with Gasteiger partial charge in [0, 0.05) is 19.0 Å². The summed E-state index contributed by atoms with van der Waals surface area (Å²) in [6, 6.07) is 9.42. The van der Waals surface area contributed by atoms with Crippen LogP contribution < -0.4 is 0 Å². The summed E-state index contributed by atoms with van der Waals surface area (Å²) in [5.41, 5.74) is 0.939. The molecule has 0 aliphatic heterocycles. The highest BCUT2D eigenvalue weighted by molar-refractivity contribution is 6.07. The quantitative estimate of drug-likeness (QED) is 0.413. The Kier molecular flexibility index (Phi) is 6.72. The molecule has 0 aliphatic carbocycles. The van der Waals surface area contributed by atoms with Gasteiger partial charge < -0.3 is 9.47 Å². The average molecular weight is 386 g/mol. The standard InChI is InChI=1S/C21H26N2O5/c1-6-27-17(25)13-16(24)18-15(12-14-10-8-7-9-11-14)19(23(5)22-18)20(26)28-21(2,3)4/h7-11H,6,12-13H2,1-5H3. The zero-order valence-electron chi connectivity index (χ0n) is 16.9. The summed E-state index contributed by atoms with van der Waals surface area (Å²) < 4.78 is 11.7. The molecule has 0 aliphatic rings. The molecule has 28 heavy (non-hydrogen) atoms. The molecule has 0 spiro atoms. The summed E-state index contributed by atoms with van der Waals surface area (Å²) in [6.07, 6.45) is -0.118. The highest BCUT2D eigenvalue weighted by Gasteiger charge is 2.30. The molecule has 7 heteroatoms. The molecule has 1 aromatic heterocycles. The molecule has 0 radical (unpaired) electrons. The van der Waals surface area contributed by atoms with Gasteiger partial charge in [-0.05, 0) is 33.3 Å². The predicted octanol–water partition coefficient (Wildman–Crippen LogP) is 3.10. The lowest BCUT2D eigenvalue weighted by atomic mass is 9.99. The Balaban J connectivity index is 2.46. The van der Waals surface area contributed by atoms with Crippen LogP contribution in [0.4, 0.5) is 0 Å². The van der Waals surface area contributed by atoms with Crippen LogP contribution >= 0.6 is 0 Å². The van der Waals surface area contributed by atoms with Gasteiger partial charge in [0.2, 0.25) is 0 Å². The second-order valence-corrected chi connectivity index (χ2v) is 7.37. The Morgan fingerprint density at radius 1 is 1.11 bits per heavy atom. The first-order valence-corrected chi connectivity index (χ1v) is 9.14. The molecule has 0 bridgehead atoms. The second kappa shape index (κ2) is 8.82. The van der Waals surface area contributed by atoms with Crippen LogP contribution in [-0.2, 0) is 27.7 Å². The monoisotopic (exact) mass is 386 g/mol. The molecule has 7 nitrogen and oxygen atoms in total. The van der Waals surface area contributed by atoms with Gasteiger partial charge in [0.05, 0.1) is 6.61 Å². The molecule has 0 atom stereocenters. The van der Waals surface area contributed by atoms with Crippen molar-refractivity contribution in [3.63, 3.8) is 0 Å². The number of rotatable bonds is 7. The fraction of sp³-hybridized carbons (Fsp3) is 0.429. The molecule has 0 fully saturated rings. The van der Waals surface area contributed by atoms with Gasteiger partial charge in [-0.1, -0.05) is 30.3 Å². The molecule has 0 saturated carbocycles. The number of carbonyl (C=O) groups excluding carboxylic acids is 3. The van der Waals surface area contributed by atoms with E-state index in [-0.39, 0.29) is 18.0 Å². The van der Waals surface area contributed by atoms with Gasteiger partial charge in [0.1, 0.15) is 17.7 Å². The van der Waals surface area contributed by atoms with Crippen LogP contribution in [0.3, 0.4) is 0 Å². The van der Waals surface area contributed by atoms with E-state index in [0.717, 1.165) is 5.56 Å². The van der Waals surface area contributed by atoms with E-state index in [1.165, 1.54) is 4.68 Å². The maximum Gasteiger partial charge on any atom is 0.357 e. The Labute approximate surface area is 164 Å². The Bertz CT molecular complexity index is 863. The number of aryl methyl sites for hydroxylation is 1. The normalized spacial score (nSPS) is 11.2. The summed E-state index contributed by atoms with van der Waals surface area (Å²) in [5.74, 6) is -1.68. The average Bonchev–Trinajstić information content (AvgIpc) is 2.90. The van der Waals surface area contributed by atoms with Gasteiger partial charge in [0.25, 0.3) is 0 Å². The van der Waals surface area contributed by atoms with E-state index in [1.54, 1.807) is 34.7 Å². The van der Waals surface area contributed by atoms with Crippen molar-refractivity contribution >= 4 is 17.7 Å². The number of benzene rings is 1. The zero-order chi connectivity index (χ0) is 20.9. The fourth-order valence-corrected chi connectivity index (χ4v) is 2.77. The lowest BCUT2D eigenvalue weighted by Gasteiger charge is -2.20. The van der Waals surface area contributed by atoms with Gasteiger partial charge in [-0.2, -0.15) is 5.10 Å². The Hall–Kier alpha value is -2.96. The molecule has 0 N–H and O–H groups in total. The number of ketones is 1. The molecule has 1 heterocycles. The van der Waals surface area contributed by atoms with Gasteiger partial charge >= 0.3 is 11.9 Å². The molecule has 150 valence electrons. The van der Waals surface area contributed by atoms with E-state index in [2.05, 4.69) is 5.10 Å². The highest BCUT2D eigenvalue weighted by Crippen LogP contribution is 2.23. The van der Waals surface area contributed by atoms with Gasteiger partial charge in [-0.15, -0.1) is 0 Å². The number of Topliss-reactive ketones (excluding diaryl/α,β-unsaturated/α-hetero) is 1. The number of carbonyl (C=O) groups is 3. The molecular formula is C21H26N2O5. The fourth-order valence-electron chi connectivity index (χ4n) is 2.77. The summed E-state index contributed by atoms with van der Waals surface area (Å²) in [6.45, 7) is 7.17. The van der Waals surface area contributed by atoms with E-state index in [4.69, 9.17) is 9.47 Å². The minimum Gasteiger partial charge on any atom is -0.466 e. The van der Waals surface area contributed by atoms with Crippen molar-refractivity contribution in [1.29, 1.82) is 0 Å². The first-order valence-electron chi connectivity index (χ1n) is 9.14. The van der Waals surface area contributed by atoms with E-state index in [0.29, 0.717) is 12.0 Å². The lowest BCUT2D eigenvalue weighted by molar-refractivity contribution is -0.141. The first-order chi connectivity index (χ1) is 13.1. The predicted molar refractivity (Wildman–Crippen MR) is 103 cm³/mol. The topological polar surface area (TPSA) is 87.5 Å². The molecular weight excluding hydrogens is 360 g/mol. The largest absolute Gasteiger partial charge is 0.466 e. The maximum atomic E-state index is 12.8. The maximum absolute atomic E-state index is 12.8. The Morgan fingerprint density at radius 3 is 2.32 bits per heavy atom. The highest BCUT2D eigenvalue weighted by atomic mass is 16.6. The number of aromatic nitrogens is 2. The van der Waals surface area contributed by atoms with Gasteiger partial charge in [-0.3, -0.25) is 14.3 Å². The van der Waals surface area contributed by atoms with Crippen LogP contribution in [0.25, 0.3) is 0 Å². The number of hydrogen-bond donors (Lipinski definition) is 0. The minimum absolute atomic E-state index is 0.0836. The third-order valence-electron chi connectivity index (χ3n) is 3.84. The SMILES string of the molecule is CCOC(=O)CC(=O)c1nn(C)c(C(=O)OC(C)(C)C)c1Cc1ccccc1. The van der Waals surface area contributed by atoms with Gasteiger partial charge in [0.15, 0.2) is 11.5 Å². The van der Waals surface area contributed by atoms with Crippen LogP contribution in [0, 0.1) is 0 Å². The number of nitrogens with zero attached hydrogens (tertiary/aromatic N) is 2. The van der Waals surface area contributed by atoms with Crippen molar-refractivity contribution in [2.24, 2.45) is 7.05 Å². The van der Waals surface area contributed by atoms with Crippen molar-refractivity contribution in [1.82, 2.24) is 9.78 Å². The molecule has 2 aromatic rings. The van der Waals surface area contributed by atoms with Crippen LogP contribution in [-0.4, -0.2) is 39.7 Å². The molecule has 0 amide bonds. The van der Waals surface area contributed by atoms with E-state index in [9.17, 15) is 14.4 Å². The lowest BCUT2D eigenvalue weighted by Crippen LogP contribution is -2.26. The van der Waals surface area contributed by atoms with Crippen LogP contribution in [0.2, 0.25) is 0 Å². The van der Waals surface area contributed by atoms with Crippen LogP contribution in [0.15, 0.2) is 30.3 Å². The van der Waals surface area contributed by atoms with Crippen molar-refractivity contribution in [3.05, 3.63) is 52.8 Å². The molecule has 0 unspecified atom stereocenters. The second-order valence-electron chi connectivity index (χ2n) is 7.37.